The van der Waals surface area contributed by atoms with E-state index in [1.165, 1.54) is 13.8 Å². The van der Waals surface area contributed by atoms with E-state index in [1.807, 2.05) is 0 Å². The number of hydrogen-bond acceptors (Lipinski definition) is 10. The molecule has 2 rings (SSSR count). The Kier molecular flexibility index (Phi) is 5.32. The third kappa shape index (κ3) is 3.98. The van der Waals surface area contributed by atoms with Crippen LogP contribution in [0.2, 0.25) is 0 Å². The lowest BCUT2D eigenvalue weighted by atomic mass is 10.1. The molecule has 0 aliphatic carbocycles. The van der Waals surface area contributed by atoms with Crippen LogP contribution in [0, 0.1) is 0 Å². The third-order valence-corrected chi connectivity index (χ3v) is 3.17. The quantitative estimate of drug-likeness (QED) is 0.334. The van der Waals surface area contributed by atoms with Gasteiger partial charge in [-0.2, -0.15) is 0 Å². The number of esters is 3. The van der Waals surface area contributed by atoms with Crippen LogP contribution in [-0.4, -0.2) is 60.3 Å². The fourth-order valence-corrected chi connectivity index (χ4v) is 2.34. The summed E-state index contributed by atoms with van der Waals surface area (Å²) >= 11 is 0. The molecule has 0 radical (unpaired) electrons. The highest BCUT2D eigenvalue weighted by molar-refractivity contribution is 5.68. The van der Waals surface area contributed by atoms with Gasteiger partial charge in [0, 0.05) is 20.8 Å². The van der Waals surface area contributed by atoms with Crippen molar-refractivity contribution < 1.29 is 38.4 Å². The number of aliphatic imine (C=N–C) groups is 1. The Hall–Kier alpha value is -2.71. The molecule has 0 aromatic heterocycles. The van der Waals surface area contributed by atoms with Crippen molar-refractivity contribution in [2.75, 3.05) is 6.61 Å². The molecule has 0 amide bonds. The van der Waals surface area contributed by atoms with Crippen LogP contribution >= 0.6 is 0 Å². The zero-order valence-corrected chi connectivity index (χ0v) is 13.3. The van der Waals surface area contributed by atoms with Gasteiger partial charge < -0.3 is 24.1 Å². The molecule has 0 spiro atoms. The first kappa shape index (κ1) is 17.6. The molecular formula is C14H16N2O8. The summed E-state index contributed by atoms with van der Waals surface area (Å²) in [5, 5.41) is 11.8. The lowest BCUT2D eigenvalue weighted by Crippen LogP contribution is -2.47. The lowest BCUT2D eigenvalue weighted by molar-refractivity contribution is -0.334. The second-order valence-electron chi connectivity index (χ2n) is 5.08. The normalized spacial score (nSPS) is 28.1. The van der Waals surface area contributed by atoms with Gasteiger partial charge in [-0.05, 0) is 4.99 Å². The van der Waals surface area contributed by atoms with Crippen LogP contribution in [0.25, 0.3) is 0 Å². The molecule has 0 N–H and O–H groups in total. The van der Waals surface area contributed by atoms with Gasteiger partial charge in [-0.25, -0.2) is 0 Å². The zero-order chi connectivity index (χ0) is 17.9. The Bertz CT molecular complexity index is 587. The van der Waals surface area contributed by atoms with Crippen molar-refractivity contribution in [3.8, 4) is 0 Å². The van der Waals surface area contributed by atoms with E-state index in [0.717, 1.165) is 18.0 Å². The molecule has 4 atom stereocenters. The number of ether oxygens (including phenoxy) is 4. The molecule has 2 aliphatic rings. The number of nitrogens with zero attached hydrogens (tertiary/aromatic N) is 2. The number of carbonyl (C=O) groups is 3. The largest absolute Gasteiger partial charge is 0.789 e. The molecule has 1 fully saturated rings. The van der Waals surface area contributed by atoms with Crippen LogP contribution in [0.5, 0.6) is 0 Å². The van der Waals surface area contributed by atoms with Gasteiger partial charge in [0.25, 0.3) is 6.34 Å². The van der Waals surface area contributed by atoms with Crippen LogP contribution in [0.1, 0.15) is 20.8 Å². The van der Waals surface area contributed by atoms with E-state index in [2.05, 4.69) is 11.3 Å². The smallest absolute Gasteiger partial charge is 0.303 e. The maximum absolute atomic E-state index is 11.8. The van der Waals surface area contributed by atoms with E-state index in [9.17, 15) is 19.5 Å². The first-order valence-corrected chi connectivity index (χ1v) is 7.04. The summed E-state index contributed by atoms with van der Waals surface area (Å²) in [5.74, 6) is -2.41. The van der Waals surface area contributed by atoms with Crippen LogP contribution < -0.4 is 5.11 Å². The summed E-state index contributed by atoms with van der Waals surface area (Å²) < 4.78 is 20.8. The Labute approximate surface area is 137 Å². The molecule has 0 aromatic rings. The van der Waals surface area contributed by atoms with Gasteiger partial charge in [0.05, 0.1) is 0 Å². The van der Waals surface area contributed by atoms with E-state index in [4.69, 9.17) is 18.9 Å². The van der Waals surface area contributed by atoms with Crippen molar-refractivity contribution in [2.45, 2.75) is 45.3 Å². The van der Waals surface area contributed by atoms with E-state index < -0.39 is 48.3 Å². The summed E-state index contributed by atoms with van der Waals surface area (Å²) in [6.45, 7) is 3.29. The van der Waals surface area contributed by atoms with Gasteiger partial charge in [0.1, 0.15) is 12.7 Å². The Balaban J connectivity index is 2.26. The molecule has 0 bridgehead atoms. The fourth-order valence-electron chi connectivity index (χ4n) is 2.34. The molecule has 0 aromatic carbocycles. The highest BCUT2D eigenvalue weighted by Gasteiger charge is 2.54. The van der Waals surface area contributed by atoms with Crippen LogP contribution in [0.15, 0.2) is 17.1 Å². The lowest BCUT2D eigenvalue weighted by Gasteiger charge is -2.25. The van der Waals surface area contributed by atoms with Crippen molar-refractivity contribution >= 4 is 24.2 Å². The molecule has 0 saturated carbocycles. The molecule has 24 heavy (non-hydrogen) atoms. The summed E-state index contributed by atoms with van der Waals surface area (Å²) in [7, 11) is 0. The maximum atomic E-state index is 11.8. The molecule has 130 valence electrons. The van der Waals surface area contributed by atoms with Crippen molar-refractivity contribution in [1.29, 1.82) is 0 Å². The first-order chi connectivity index (χ1) is 11.3. The zero-order valence-electron chi connectivity index (χ0n) is 13.3. The Morgan fingerprint density at radius 1 is 1.21 bits per heavy atom. The highest BCUT2D eigenvalue weighted by atomic mass is 16.7. The standard InChI is InChI=1S/C14H16N2O8/c1-7(17)21-5-10-12(22-8(2)18)13(23-9(3)19)14(24-10)16-6-15-4-11(16)20/h4,10,12-14H,5H2,1-3H3/t10-,12-,13-,14-/m1/s1. The molecule has 2 heterocycles. The van der Waals surface area contributed by atoms with E-state index >= 15 is 0 Å². The Morgan fingerprint density at radius 2 is 1.83 bits per heavy atom. The van der Waals surface area contributed by atoms with Crippen molar-refractivity contribution in [2.24, 2.45) is 4.99 Å². The predicted octanol–water partition coefficient (Wildman–Crippen LogP) is -1.48. The van der Waals surface area contributed by atoms with Gasteiger partial charge in [0.15, 0.2) is 18.1 Å². The average molecular weight is 340 g/mol. The van der Waals surface area contributed by atoms with E-state index in [0.29, 0.717) is 0 Å². The summed E-state index contributed by atoms with van der Waals surface area (Å²) in [6.07, 6.45) is -0.822. The van der Waals surface area contributed by atoms with Gasteiger partial charge in [-0.15, -0.1) is 4.90 Å². The number of carbonyl (C=O) groups excluding carboxylic acids is 3. The van der Waals surface area contributed by atoms with Crippen molar-refractivity contribution in [3.05, 3.63) is 12.1 Å². The predicted molar refractivity (Wildman–Crippen MR) is 73.8 cm³/mol. The van der Waals surface area contributed by atoms with E-state index in [-0.39, 0.29) is 6.61 Å². The highest BCUT2D eigenvalue weighted by Crippen LogP contribution is 2.31. The van der Waals surface area contributed by atoms with Gasteiger partial charge in [-0.3, -0.25) is 14.4 Å². The molecular weight excluding hydrogens is 324 g/mol. The summed E-state index contributed by atoms with van der Waals surface area (Å²) in [4.78, 5) is 38.3. The average Bonchev–Trinajstić information content (AvgIpc) is 3.01. The van der Waals surface area contributed by atoms with Gasteiger partial charge in [-0.1, -0.05) is 0 Å². The molecule has 2 aliphatic heterocycles. The SMILES string of the molecule is CC(=O)OC[C@H]1O[C@@H](N2[C+]=NC=C2[O-])[C@H](OC(C)=O)[C@@H]1OC(C)=O. The number of hydrogen-bond donors (Lipinski definition) is 0. The molecule has 10 nitrogen and oxygen atoms in total. The monoisotopic (exact) mass is 340 g/mol. The van der Waals surface area contributed by atoms with Crippen LogP contribution in [0.4, 0.5) is 0 Å². The molecule has 0 unspecified atom stereocenters. The minimum Gasteiger partial charge on any atom is -0.789 e. The summed E-state index contributed by atoms with van der Waals surface area (Å²) in [5.41, 5.74) is 0. The van der Waals surface area contributed by atoms with Crippen LogP contribution in [0.3, 0.4) is 0 Å². The van der Waals surface area contributed by atoms with Gasteiger partial charge >= 0.3 is 17.9 Å². The Morgan fingerprint density at radius 3 is 2.33 bits per heavy atom. The van der Waals surface area contributed by atoms with E-state index in [1.54, 1.807) is 0 Å². The van der Waals surface area contributed by atoms with Gasteiger partial charge in [0.2, 0.25) is 12.4 Å². The van der Waals surface area contributed by atoms with Crippen LogP contribution in [-0.2, 0) is 33.3 Å². The molecule has 1 saturated heterocycles. The third-order valence-electron chi connectivity index (χ3n) is 3.17. The topological polar surface area (TPSA) is 127 Å². The fraction of sp³-hybridized carbons (Fsp3) is 0.571. The second-order valence-corrected chi connectivity index (χ2v) is 5.08. The summed E-state index contributed by atoms with van der Waals surface area (Å²) in [6, 6.07) is 0. The minimum atomic E-state index is -1.12. The minimum absolute atomic E-state index is 0.246. The maximum Gasteiger partial charge on any atom is 0.303 e. The van der Waals surface area contributed by atoms with Crippen molar-refractivity contribution in [1.82, 2.24) is 4.90 Å². The first-order valence-electron chi connectivity index (χ1n) is 7.04. The van der Waals surface area contributed by atoms with Crippen molar-refractivity contribution in [3.63, 3.8) is 0 Å². The number of rotatable bonds is 5. The second kappa shape index (κ2) is 7.24. The molecule has 10 heteroatoms.